The van der Waals surface area contributed by atoms with E-state index >= 15 is 0 Å². The number of aromatic nitrogens is 2. The van der Waals surface area contributed by atoms with Crippen molar-refractivity contribution in [1.82, 2.24) is 15.1 Å². The smallest absolute Gasteiger partial charge is 0.267 e. The molecule has 0 bridgehead atoms. The molecule has 0 saturated carbocycles. The number of nitrogens with zero attached hydrogens (tertiary/aromatic N) is 2. The van der Waals surface area contributed by atoms with Gasteiger partial charge in [0.1, 0.15) is 6.54 Å². The summed E-state index contributed by atoms with van der Waals surface area (Å²) in [5.74, 6) is -0.303. The summed E-state index contributed by atoms with van der Waals surface area (Å²) in [6.45, 7) is 0.190. The summed E-state index contributed by atoms with van der Waals surface area (Å²) in [6, 6.07) is 17.3. The minimum Gasteiger partial charge on any atom is -0.350 e. The van der Waals surface area contributed by atoms with Crippen molar-refractivity contribution in [2.24, 2.45) is 0 Å². The average molecular weight is 388 g/mol. The minimum atomic E-state index is -0.343. The zero-order chi connectivity index (χ0) is 18.5. The maximum absolute atomic E-state index is 12.1. The molecule has 0 aliphatic rings. The summed E-state index contributed by atoms with van der Waals surface area (Å²) in [6.07, 6.45) is 0. The van der Waals surface area contributed by atoms with E-state index in [1.165, 1.54) is 6.07 Å². The fourth-order valence-corrected chi connectivity index (χ4v) is 2.58. The van der Waals surface area contributed by atoms with E-state index in [1.54, 1.807) is 42.5 Å². The highest BCUT2D eigenvalue weighted by Gasteiger charge is 2.08. The Morgan fingerprint density at radius 3 is 2.19 bits per heavy atom. The Morgan fingerprint density at radius 2 is 1.54 bits per heavy atom. The lowest BCUT2D eigenvalue weighted by Gasteiger charge is -2.08. The molecule has 0 aliphatic heterocycles. The van der Waals surface area contributed by atoms with Crippen LogP contribution in [0.15, 0.2) is 65.5 Å². The van der Waals surface area contributed by atoms with Crippen molar-refractivity contribution in [2.75, 3.05) is 0 Å². The van der Waals surface area contributed by atoms with E-state index in [2.05, 4.69) is 10.4 Å². The molecule has 3 aromatic rings. The quantitative estimate of drug-likeness (QED) is 0.727. The highest BCUT2D eigenvalue weighted by molar-refractivity contribution is 6.30. The van der Waals surface area contributed by atoms with E-state index in [-0.39, 0.29) is 18.0 Å². The third kappa shape index (κ3) is 4.71. The zero-order valence-electron chi connectivity index (χ0n) is 13.7. The van der Waals surface area contributed by atoms with Gasteiger partial charge < -0.3 is 5.32 Å². The molecule has 0 unspecified atom stereocenters. The molecule has 26 heavy (non-hydrogen) atoms. The van der Waals surface area contributed by atoms with Crippen LogP contribution in [0.2, 0.25) is 10.0 Å². The summed E-state index contributed by atoms with van der Waals surface area (Å²) in [4.78, 5) is 24.1. The highest BCUT2D eigenvalue weighted by Crippen LogP contribution is 2.18. The zero-order valence-corrected chi connectivity index (χ0v) is 15.2. The summed E-state index contributed by atoms with van der Waals surface area (Å²) in [5, 5.41) is 8.27. The Hall–Kier alpha value is -2.63. The van der Waals surface area contributed by atoms with Gasteiger partial charge in [-0.05, 0) is 35.9 Å². The number of benzene rings is 2. The Balaban J connectivity index is 1.69. The molecule has 1 N–H and O–H groups in total. The predicted molar refractivity (Wildman–Crippen MR) is 102 cm³/mol. The van der Waals surface area contributed by atoms with Gasteiger partial charge in [-0.25, -0.2) is 4.68 Å². The molecule has 0 saturated heterocycles. The number of carbonyl (C=O) groups excluding carboxylic acids is 1. The van der Waals surface area contributed by atoms with Crippen LogP contribution in [-0.2, 0) is 17.9 Å². The summed E-state index contributed by atoms with van der Waals surface area (Å²) in [7, 11) is 0. The van der Waals surface area contributed by atoms with Gasteiger partial charge in [0.05, 0.1) is 5.69 Å². The van der Waals surface area contributed by atoms with Gasteiger partial charge in [-0.3, -0.25) is 9.59 Å². The minimum absolute atomic E-state index is 0.159. The number of hydrogen-bond donors (Lipinski definition) is 1. The number of carbonyl (C=O) groups is 1. The monoisotopic (exact) mass is 387 g/mol. The Kier molecular flexibility index (Phi) is 5.71. The number of rotatable bonds is 5. The van der Waals surface area contributed by atoms with Crippen molar-refractivity contribution < 1.29 is 4.79 Å². The molecular weight excluding hydrogens is 373 g/mol. The topological polar surface area (TPSA) is 64.0 Å². The van der Waals surface area contributed by atoms with Crippen LogP contribution in [-0.4, -0.2) is 15.7 Å². The summed E-state index contributed by atoms with van der Waals surface area (Å²) >= 11 is 11.7. The van der Waals surface area contributed by atoms with Crippen molar-refractivity contribution in [1.29, 1.82) is 0 Å². The number of nitrogens with one attached hydrogen (secondary N) is 1. The maximum Gasteiger partial charge on any atom is 0.267 e. The second-order valence-corrected chi connectivity index (χ2v) is 6.50. The lowest BCUT2D eigenvalue weighted by Crippen LogP contribution is -2.33. The van der Waals surface area contributed by atoms with Gasteiger partial charge in [0, 0.05) is 28.2 Å². The molecule has 0 radical (unpaired) electrons. The Bertz CT molecular complexity index is 967. The normalized spacial score (nSPS) is 10.5. The third-order valence-electron chi connectivity index (χ3n) is 3.70. The van der Waals surface area contributed by atoms with Gasteiger partial charge in [0.15, 0.2) is 0 Å². The van der Waals surface area contributed by atoms with E-state index in [0.717, 1.165) is 15.8 Å². The van der Waals surface area contributed by atoms with Crippen LogP contribution >= 0.6 is 23.2 Å². The van der Waals surface area contributed by atoms with Gasteiger partial charge in [0.25, 0.3) is 5.56 Å². The van der Waals surface area contributed by atoms with Gasteiger partial charge in [0.2, 0.25) is 5.91 Å². The second-order valence-electron chi connectivity index (χ2n) is 5.62. The molecule has 1 aromatic heterocycles. The van der Waals surface area contributed by atoms with Crippen molar-refractivity contribution in [2.45, 2.75) is 13.1 Å². The number of halogens is 2. The van der Waals surface area contributed by atoms with Crippen LogP contribution in [0.25, 0.3) is 11.3 Å². The molecule has 3 rings (SSSR count). The molecule has 1 heterocycles. The lowest BCUT2D eigenvalue weighted by molar-refractivity contribution is -0.122. The van der Waals surface area contributed by atoms with E-state index in [4.69, 9.17) is 23.2 Å². The standard InChI is InChI=1S/C19H15Cl2N3O2/c20-15-5-1-13(2-6-15)11-22-18(25)12-24-19(26)10-9-17(23-24)14-3-7-16(21)8-4-14/h1-10H,11-12H2,(H,22,25). The number of amides is 1. The first-order valence-corrected chi connectivity index (χ1v) is 8.62. The SMILES string of the molecule is O=C(Cn1nc(-c2ccc(Cl)cc2)ccc1=O)NCc1ccc(Cl)cc1. The fraction of sp³-hybridized carbons (Fsp3) is 0.105. The summed E-state index contributed by atoms with van der Waals surface area (Å²) < 4.78 is 1.14. The van der Waals surface area contributed by atoms with Crippen LogP contribution in [0.3, 0.4) is 0 Å². The molecule has 2 aromatic carbocycles. The van der Waals surface area contributed by atoms with Crippen LogP contribution in [0.4, 0.5) is 0 Å². The third-order valence-corrected chi connectivity index (χ3v) is 4.21. The van der Waals surface area contributed by atoms with Gasteiger partial charge in [-0.15, -0.1) is 0 Å². The largest absolute Gasteiger partial charge is 0.350 e. The van der Waals surface area contributed by atoms with Crippen LogP contribution in [0.5, 0.6) is 0 Å². The first-order valence-electron chi connectivity index (χ1n) is 7.86. The van der Waals surface area contributed by atoms with Crippen LogP contribution in [0, 0.1) is 0 Å². The van der Waals surface area contributed by atoms with E-state index in [0.29, 0.717) is 22.3 Å². The van der Waals surface area contributed by atoms with E-state index < -0.39 is 0 Å². The van der Waals surface area contributed by atoms with Gasteiger partial charge in [-0.1, -0.05) is 47.5 Å². The van der Waals surface area contributed by atoms with Crippen molar-refractivity contribution in [3.63, 3.8) is 0 Å². The highest BCUT2D eigenvalue weighted by atomic mass is 35.5. The molecule has 132 valence electrons. The summed E-state index contributed by atoms with van der Waals surface area (Å²) in [5.41, 5.74) is 1.97. The maximum atomic E-state index is 12.1. The lowest BCUT2D eigenvalue weighted by atomic mass is 10.1. The second kappa shape index (κ2) is 8.17. The molecule has 0 atom stereocenters. The van der Waals surface area contributed by atoms with Crippen molar-refractivity contribution in [3.8, 4) is 11.3 Å². The molecular formula is C19H15Cl2N3O2. The molecule has 1 amide bonds. The molecule has 5 nitrogen and oxygen atoms in total. The first kappa shape index (κ1) is 18.2. The van der Waals surface area contributed by atoms with Crippen LogP contribution < -0.4 is 10.9 Å². The van der Waals surface area contributed by atoms with Crippen molar-refractivity contribution >= 4 is 29.1 Å². The van der Waals surface area contributed by atoms with E-state index in [1.807, 2.05) is 12.1 Å². The van der Waals surface area contributed by atoms with E-state index in [9.17, 15) is 9.59 Å². The fourth-order valence-electron chi connectivity index (χ4n) is 2.33. The Labute approximate surface area is 160 Å². The average Bonchev–Trinajstić information content (AvgIpc) is 2.64. The van der Waals surface area contributed by atoms with Gasteiger partial charge >= 0.3 is 0 Å². The first-order chi connectivity index (χ1) is 12.5. The van der Waals surface area contributed by atoms with Crippen LogP contribution in [0.1, 0.15) is 5.56 Å². The molecule has 0 spiro atoms. The van der Waals surface area contributed by atoms with Crippen molar-refractivity contribution in [3.05, 3.63) is 86.6 Å². The van der Waals surface area contributed by atoms with Gasteiger partial charge in [-0.2, -0.15) is 5.10 Å². The Morgan fingerprint density at radius 1 is 0.923 bits per heavy atom. The molecule has 0 fully saturated rings. The molecule has 7 heteroatoms. The predicted octanol–water partition coefficient (Wildman–Crippen LogP) is 3.53. The number of hydrogen-bond acceptors (Lipinski definition) is 3. The molecule has 0 aliphatic carbocycles.